The van der Waals surface area contributed by atoms with Crippen LogP contribution >= 0.6 is 0 Å². The fourth-order valence-corrected chi connectivity index (χ4v) is 5.03. The van der Waals surface area contributed by atoms with E-state index in [-0.39, 0.29) is 0 Å². The first-order valence-electron chi connectivity index (χ1n) is 11.7. The molecule has 3 aromatic rings. The van der Waals surface area contributed by atoms with E-state index in [2.05, 4.69) is 38.8 Å². The molecule has 0 radical (unpaired) electrons. The van der Waals surface area contributed by atoms with Crippen LogP contribution in [0.3, 0.4) is 0 Å². The minimum Gasteiger partial charge on any atom is -0.496 e. The van der Waals surface area contributed by atoms with Crippen LogP contribution in [0.1, 0.15) is 53.7 Å². The highest BCUT2D eigenvalue weighted by molar-refractivity contribution is 5.52. The van der Waals surface area contributed by atoms with E-state index < -0.39 is 0 Å². The van der Waals surface area contributed by atoms with Crippen molar-refractivity contribution in [2.75, 3.05) is 31.6 Å². The number of methoxy groups -OCH3 is 1. The van der Waals surface area contributed by atoms with Gasteiger partial charge >= 0.3 is 0 Å². The smallest absolute Gasteiger partial charge is 0.136 e. The highest BCUT2D eigenvalue weighted by Crippen LogP contribution is 2.33. The summed E-state index contributed by atoms with van der Waals surface area (Å²) < 4.78 is 5.59. The molecule has 168 valence electrons. The normalized spacial score (nSPS) is 17.4. The summed E-state index contributed by atoms with van der Waals surface area (Å²) in [6, 6.07) is 8.29. The number of likely N-dealkylation sites (tertiary alicyclic amines) is 1. The summed E-state index contributed by atoms with van der Waals surface area (Å²) in [6.07, 6.45) is 8.09. The van der Waals surface area contributed by atoms with Gasteiger partial charge in [0.25, 0.3) is 0 Å². The van der Waals surface area contributed by atoms with Gasteiger partial charge < -0.3 is 14.6 Å². The molecule has 1 saturated heterocycles. The Labute approximate surface area is 189 Å². The van der Waals surface area contributed by atoms with E-state index in [0.29, 0.717) is 5.92 Å². The van der Waals surface area contributed by atoms with Crippen LogP contribution in [-0.2, 0) is 19.5 Å². The summed E-state index contributed by atoms with van der Waals surface area (Å²) in [5.41, 5.74) is 3.66. The van der Waals surface area contributed by atoms with E-state index >= 15 is 0 Å². The van der Waals surface area contributed by atoms with E-state index in [1.165, 1.54) is 11.1 Å². The van der Waals surface area contributed by atoms with Crippen LogP contribution in [0.15, 0.2) is 36.7 Å². The number of nitrogens with one attached hydrogen (secondary N) is 1. The zero-order chi connectivity index (χ0) is 21.9. The van der Waals surface area contributed by atoms with Crippen LogP contribution < -0.4 is 9.64 Å². The van der Waals surface area contributed by atoms with Crippen LogP contribution in [0, 0.1) is 6.92 Å². The molecule has 2 aliphatic heterocycles. The largest absolute Gasteiger partial charge is 0.496 e. The minimum atomic E-state index is 0.418. The molecule has 0 aliphatic carbocycles. The number of imidazole rings is 1. The molecule has 0 spiro atoms. The minimum absolute atomic E-state index is 0.418. The molecule has 0 unspecified atom stereocenters. The molecule has 7 nitrogen and oxygen atoms in total. The summed E-state index contributed by atoms with van der Waals surface area (Å²) in [5, 5.41) is 0. The van der Waals surface area contributed by atoms with Crippen LogP contribution in [0.25, 0.3) is 0 Å². The van der Waals surface area contributed by atoms with E-state index in [4.69, 9.17) is 14.7 Å². The highest BCUT2D eigenvalue weighted by Gasteiger charge is 2.28. The molecule has 4 heterocycles. The summed E-state index contributed by atoms with van der Waals surface area (Å²) >= 11 is 0. The number of para-hydroxylation sites is 1. The molecule has 1 N–H and O–H groups in total. The number of hydrogen-bond acceptors (Lipinski definition) is 6. The number of aromatic nitrogens is 4. The molecule has 32 heavy (non-hydrogen) atoms. The first-order valence-corrected chi connectivity index (χ1v) is 11.7. The molecule has 0 atom stereocenters. The van der Waals surface area contributed by atoms with E-state index in [1.54, 1.807) is 7.11 Å². The predicted octanol–water partition coefficient (Wildman–Crippen LogP) is 3.85. The lowest BCUT2D eigenvalue weighted by molar-refractivity contribution is 0.197. The van der Waals surface area contributed by atoms with Gasteiger partial charge in [-0.2, -0.15) is 0 Å². The zero-order valence-electron chi connectivity index (χ0n) is 19.0. The second kappa shape index (κ2) is 9.28. The van der Waals surface area contributed by atoms with Crippen molar-refractivity contribution < 1.29 is 4.74 Å². The summed E-state index contributed by atoms with van der Waals surface area (Å²) in [6.45, 7) is 6.97. The number of anilines is 1. The number of piperidine rings is 1. The van der Waals surface area contributed by atoms with Gasteiger partial charge in [-0.05, 0) is 51.8 Å². The molecular weight excluding hydrogens is 400 g/mol. The summed E-state index contributed by atoms with van der Waals surface area (Å²) in [5.74, 6) is 4.54. The van der Waals surface area contributed by atoms with Gasteiger partial charge in [-0.1, -0.05) is 18.2 Å². The molecule has 0 saturated carbocycles. The summed E-state index contributed by atoms with van der Waals surface area (Å²) in [4.78, 5) is 22.6. The maximum Gasteiger partial charge on any atom is 0.136 e. The molecule has 0 amide bonds. The maximum absolute atomic E-state index is 5.59. The molecule has 1 fully saturated rings. The Balaban J connectivity index is 1.33. The molecule has 5 rings (SSSR count). The predicted molar refractivity (Wildman–Crippen MR) is 125 cm³/mol. The Bertz CT molecular complexity index is 1040. The van der Waals surface area contributed by atoms with Crippen molar-refractivity contribution in [1.29, 1.82) is 0 Å². The fourth-order valence-electron chi connectivity index (χ4n) is 5.03. The van der Waals surface area contributed by atoms with Crippen molar-refractivity contribution in [1.82, 2.24) is 24.8 Å². The molecule has 0 bridgehead atoms. The number of fused-ring (bicyclic) bond motifs is 1. The highest BCUT2D eigenvalue weighted by atomic mass is 16.5. The molecule has 2 aromatic heterocycles. The van der Waals surface area contributed by atoms with E-state index in [0.717, 1.165) is 87.3 Å². The SMILES string of the molecule is COc1ccccc1CN1CCCc2c(C)nc(C3CCN(Cc4ncc[nH]4)CC3)nc21. The number of aryl methyl sites for hydroxylation is 1. The van der Waals surface area contributed by atoms with Gasteiger partial charge in [0.2, 0.25) is 0 Å². The standard InChI is InChI=1S/C25H32N6O/c1-18-21-7-5-13-31(16-20-6-3-4-8-22(20)32-2)25(21)29-24(28-18)19-9-14-30(15-10-19)17-23-26-11-12-27-23/h3-4,6,8,11-12,19H,5,7,9-10,13-17H2,1-2H3,(H,26,27). The average Bonchev–Trinajstić information content (AvgIpc) is 3.33. The third-order valence-corrected chi connectivity index (χ3v) is 6.80. The van der Waals surface area contributed by atoms with Crippen molar-refractivity contribution in [2.45, 2.75) is 51.6 Å². The molecule has 7 heteroatoms. The van der Waals surface area contributed by atoms with Crippen LogP contribution in [0.2, 0.25) is 0 Å². The van der Waals surface area contributed by atoms with Crippen LogP contribution in [0.5, 0.6) is 5.75 Å². The second-order valence-corrected chi connectivity index (χ2v) is 8.89. The van der Waals surface area contributed by atoms with E-state index in [1.807, 2.05) is 24.5 Å². The number of rotatable bonds is 6. The van der Waals surface area contributed by atoms with E-state index in [9.17, 15) is 0 Å². The van der Waals surface area contributed by atoms with Crippen molar-refractivity contribution in [3.05, 3.63) is 65.1 Å². The first-order chi connectivity index (χ1) is 15.7. The Morgan fingerprint density at radius 2 is 1.94 bits per heavy atom. The van der Waals surface area contributed by atoms with Crippen molar-refractivity contribution >= 4 is 5.82 Å². The molecule has 1 aromatic carbocycles. The Kier molecular flexibility index (Phi) is 6.08. The third-order valence-electron chi connectivity index (χ3n) is 6.80. The number of aromatic amines is 1. The van der Waals surface area contributed by atoms with Gasteiger partial charge in [-0.15, -0.1) is 0 Å². The lowest BCUT2D eigenvalue weighted by atomic mass is 9.95. The first kappa shape index (κ1) is 20.9. The zero-order valence-corrected chi connectivity index (χ0v) is 19.0. The van der Waals surface area contributed by atoms with Gasteiger partial charge in [0.05, 0.1) is 13.7 Å². The number of benzene rings is 1. The third kappa shape index (κ3) is 4.35. The fraction of sp³-hybridized carbons (Fsp3) is 0.480. The van der Waals surface area contributed by atoms with Crippen molar-refractivity contribution in [3.63, 3.8) is 0 Å². The Morgan fingerprint density at radius 3 is 2.72 bits per heavy atom. The Morgan fingerprint density at radius 1 is 1.09 bits per heavy atom. The van der Waals surface area contributed by atoms with Gasteiger partial charge in [0.15, 0.2) is 0 Å². The van der Waals surface area contributed by atoms with Crippen molar-refractivity contribution in [3.8, 4) is 5.75 Å². The number of hydrogen-bond donors (Lipinski definition) is 1. The van der Waals surface area contributed by atoms with Gasteiger partial charge in [0.1, 0.15) is 23.2 Å². The molecule has 2 aliphatic rings. The lowest BCUT2D eigenvalue weighted by Crippen LogP contribution is -2.34. The monoisotopic (exact) mass is 432 g/mol. The number of ether oxygens (including phenoxy) is 1. The lowest BCUT2D eigenvalue weighted by Gasteiger charge is -2.34. The summed E-state index contributed by atoms with van der Waals surface area (Å²) in [7, 11) is 1.74. The molecular formula is C25H32N6O. The number of nitrogens with zero attached hydrogens (tertiary/aromatic N) is 5. The topological polar surface area (TPSA) is 70.2 Å². The Hall–Kier alpha value is -2.93. The van der Waals surface area contributed by atoms with Crippen LogP contribution in [-0.4, -0.2) is 51.6 Å². The van der Waals surface area contributed by atoms with Gasteiger partial charge in [0, 0.05) is 48.2 Å². The average molecular weight is 433 g/mol. The van der Waals surface area contributed by atoms with Gasteiger partial charge in [-0.3, -0.25) is 4.90 Å². The van der Waals surface area contributed by atoms with Crippen molar-refractivity contribution in [2.24, 2.45) is 0 Å². The second-order valence-electron chi connectivity index (χ2n) is 8.89. The number of H-pyrrole nitrogens is 1. The maximum atomic E-state index is 5.59. The van der Waals surface area contributed by atoms with Gasteiger partial charge in [-0.25, -0.2) is 15.0 Å². The quantitative estimate of drug-likeness (QED) is 0.638. The van der Waals surface area contributed by atoms with Crippen LogP contribution in [0.4, 0.5) is 5.82 Å².